The lowest BCUT2D eigenvalue weighted by Crippen LogP contribution is -1.87. The fourth-order valence-electron chi connectivity index (χ4n) is 1.22. The molecule has 11 heavy (non-hydrogen) atoms. The summed E-state index contributed by atoms with van der Waals surface area (Å²) >= 11 is 0. The molecule has 61 valence electrons. The number of hydrogen-bond acceptors (Lipinski definition) is 0. The molecule has 0 fully saturated rings. The molecule has 0 amide bonds. The van der Waals surface area contributed by atoms with Crippen molar-refractivity contribution >= 4 is 14.9 Å². The molecule has 0 rings (SSSR count). The van der Waals surface area contributed by atoms with Crippen LogP contribution in [0.1, 0.15) is 51.9 Å². The van der Waals surface area contributed by atoms with Crippen LogP contribution in [0.2, 0.25) is 6.32 Å². The van der Waals surface area contributed by atoms with Crippen molar-refractivity contribution in [1.29, 1.82) is 0 Å². The van der Waals surface area contributed by atoms with Crippen molar-refractivity contribution in [3.8, 4) is 0 Å². The summed E-state index contributed by atoms with van der Waals surface area (Å²) in [5, 5.41) is 0. The molecule has 0 aliphatic rings. The van der Waals surface area contributed by atoms with Gasteiger partial charge in [-0.1, -0.05) is 58.2 Å². The highest BCUT2D eigenvalue weighted by Crippen LogP contribution is 2.07. The molecule has 0 nitrogen and oxygen atoms in total. The van der Waals surface area contributed by atoms with Crippen LogP contribution in [-0.2, 0) is 0 Å². The summed E-state index contributed by atoms with van der Waals surface area (Å²) in [4.78, 5) is 0. The Labute approximate surface area is 73.8 Å². The van der Waals surface area contributed by atoms with Gasteiger partial charge in [-0.25, -0.2) is 0 Å². The van der Waals surface area contributed by atoms with E-state index in [1.165, 1.54) is 44.9 Å². The standard InChI is InChI=1S/C9H19B2/c1-2-3-4-5-6-7-8-9-11-10/h2-9H2,1H3. The van der Waals surface area contributed by atoms with Gasteiger partial charge in [-0.15, -0.1) is 0 Å². The third-order valence-electron chi connectivity index (χ3n) is 1.97. The van der Waals surface area contributed by atoms with Gasteiger partial charge in [0.2, 0.25) is 0 Å². The van der Waals surface area contributed by atoms with E-state index in [4.69, 9.17) is 7.74 Å². The Balaban J connectivity index is 2.69. The van der Waals surface area contributed by atoms with E-state index < -0.39 is 0 Å². The molecule has 0 aliphatic heterocycles. The van der Waals surface area contributed by atoms with Crippen molar-refractivity contribution < 1.29 is 0 Å². The minimum absolute atomic E-state index is 1.09. The molecule has 0 saturated heterocycles. The topological polar surface area (TPSA) is 0 Å². The third kappa shape index (κ3) is 10.1. The molecule has 0 aromatic carbocycles. The zero-order valence-electron chi connectivity index (χ0n) is 7.81. The highest BCUT2D eigenvalue weighted by Gasteiger charge is 1.89. The van der Waals surface area contributed by atoms with Crippen LogP contribution >= 0.6 is 0 Å². The van der Waals surface area contributed by atoms with Crippen molar-refractivity contribution in [2.24, 2.45) is 0 Å². The van der Waals surface area contributed by atoms with Crippen LogP contribution in [0, 0.1) is 0 Å². The molecule has 3 radical (unpaired) electrons. The average molecular weight is 149 g/mol. The van der Waals surface area contributed by atoms with Crippen molar-refractivity contribution in [3.05, 3.63) is 0 Å². The van der Waals surface area contributed by atoms with E-state index in [-0.39, 0.29) is 0 Å². The number of unbranched alkanes of at least 4 members (excludes halogenated alkanes) is 6. The van der Waals surface area contributed by atoms with Crippen molar-refractivity contribution in [2.45, 2.75) is 58.2 Å². The molecule has 0 aromatic rings. The first-order valence-corrected chi connectivity index (χ1v) is 4.95. The second-order valence-corrected chi connectivity index (χ2v) is 3.15. The van der Waals surface area contributed by atoms with E-state index >= 15 is 0 Å². The van der Waals surface area contributed by atoms with E-state index in [1.807, 2.05) is 0 Å². The molecule has 0 spiro atoms. The van der Waals surface area contributed by atoms with Crippen molar-refractivity contribution in [1.82, 2.24) is 0 Å². The summed E-state index contributed by atoms with van der Waals surface area (Å²) in [6.45, 7) is 2.25. The van der Waals surface area contributed by atoms with E-state index in [1.54, 1.807) is 7.17 Å². The molecule has 0 saturated carbocycles. The van der Waals surface area contributed by atoms with E-state index in [0.29, 0.717) is 0 Å². The maximum atomic E-state index is 5.27. The maximum Gasteiger partial charge on any atom is 0.0544 e. The fraction of sp³-hybridized carbons (Fsp3) is 1.00. The van der Waals surface area contributed by atoms with Gasteiger partial charge < -0.3 is 0 Å². The lowest BCUT2D eigenvalue weighted by Gasteiger charge is -1.98. The molecule has 0 aliphatic carbocycles. The minimum atomic E-state index is 1.09. The molecule has 0 unspecified atom stereocenters. The molecular formula is C9H19B2. The van der Waals surface area contributed by atoms with Gasteiger partial charge in [0, 0.05) is 7.74 Å². The fourth-order valence-corrected chi connectivity index (χ4v) is 1.22. The lowest BCUT2D eigenvalue weighted by molar-refractivity contribution is 0.602. The lowest BCUT2D eigenvalue weighted by atomic mass is 9.53. The summed E-state index contributed by atoms with van der Waals surface area (Å²) in [7, 11) is 7.04. The van der Waals surface area contributed by atoms with E-state index in [9.17, 15) is 0 Å². The minimum Gasteiger partial charge on any atom is -0.0895 e. The summed E-state index contributed by atoms with van der Waals surface area (Å²) in [5.41, 5.74) is 0. The van der Waals surface area contributed by atoms with Gasteiger partial charge in [-0.2, -0.15) is 0 Å². The first-order valence-electron chi connectivity index (χ1n) is 4.95. The van der Waals surface area contributed by atoms with Crippen LogP contribution in [0.15, 0.2) is 0 Å². The Hall–Kier alpha value is 0.130. The Morgan fingerprint density at radius 1 is 0.909 bits per heavy atom. The van der Waals surface area contributed by atoms with Gasteiger partial charge in [0.05, 0.1) is 7.17 Å². The predicted octanol–water partition coefficient (Wildman–Crippen LogP) is 2.94. The zero-order valence-corrected chi connectivity index (χ0v) is 7.81. The molecule has 0 N–H and O–H groups in total. The summed E-state index contributed by atoms with van der Waals surface area (Å²) in [6.07, 6.45) is 10.7. The van der Waals surface area contributed by atoms with Crippen LogP contribution in [-0.4, -0.2) is 14.9 Å². The van der Waals surface area contributed by atoms with Gasteiger partial charge in [0.25, 0.3) is 0 Å². The molecule has 0 bridgehead atoms. The van der Waals surface area contributed by atoms with Gasteiger partial charge in [-0.05, 0) is 0 Å². The normalized spacial score (nSPS) is 9.91. The molecule has 2 heteroatoms. The Morgan fingerprint density at radius 2 is 1.45 bits per heavy atom. The molecule has 0 atom stereocenters. The predicted molar refractivity (Wildman–Crippen MR) is 54.3 cm³/mol. The van der Waals surface area contributed by atoms with Gasteiger partial charge in [-0.3, -0.25) is 0 Å². The molecule has 0 aromatic heterocycles. The van der Waals surface area contributed by atoms with Gasteiger partial charge in [0.1, 0.15) is 0 Å². The van der Waals surface area contributed by atoms with Crippen LogP contribution in [0.25, 0.3) is 0 Å². The Bertz CT molecular complexity index is 56.6. The smallest absolute Gasteiger partial charge is 0.0544 e. The zero-order chi connectivity index (χ0) is 8.36. The highest BCUT2D eigenvalue weighted by atomic mass is 13.9. The second kappa shape index (κ2) is 10.1. The maximum absolute atomic E-state index is 5.27. The van der Waals surface area contributed by atoms with Crippen LogP contribution in [0.3, 0.4) is 0 Å². The van der Waals surface area contributed by atoms with Crippen LogP contribution < -0.4 is 0 Å². The Morgan fingerprint density at radius 3 is 2.00 bits per heavy atom. The largest absolute Gasteiger partial charge is 0.0895 e. The highest BCUT2D eigenvalue weighted by molar-refractivity contribution is 6.89. The van der Waals surface area contributed by atoms with Crippen LogP contribution in [0.5, 0.6) is 0 Å². The number of rotatable bonds is 8. The molecular weight excluding hydrogens is 130 g/mol. The first-order chi connectivity index (χ1) is 5.41. The van der Waals surface area contributed by atoms with E-state index in [0.717, 1.165) is 6.32 Å². The second-order valence-electron chi connectivity index (χ2n) is 3.15. The SMILES string of the molecule is [B][B]CCCCCCCCC. The number of hydrogen-bond donors (Lipinski definition) is 0. The van der Waals surface area contributed by atoms with Crippen LogP contribution in [0.4, 0.5) is 0 Å². The monoisotopic (exact) mass is 149 g/mol. The first kappa shape index (κ1) is 11.1. The van der Waals surface area contributed by atoms with Gasteiger partial charge >= 0.3 is 0 Å². The van der Waals surface area contributed by atoms with E-state index in [2.05, 4.69) is 6.92 Å². The quantitative estimate of drug-likeness (QED) is 0.367. The van der Waals surface area contributed by atoms with Crippen molar-refractivity contribution in [3.63, 3.8) is 0 Å². The summed E-state index contributed by atoms with van der Waals surface area (Å²) in [5.74, 6) is 0. The van der Waals surface area contributed by atoms with Gasteiger partial charge in [0.15, 0.2) is 0 Å². The third-order valence-corrected chi connectivity index (χ3v) is 1.97. The summed E-state index contributed by atoms with van der Waals surface area (Å²) in [6, 6.07) is 0. The molecule has 0 heterocycles. The van der Waals surface area contributed by atoms with Crippen molar-refractivity contribution in [2.75, 3.05) is 0 Å². The summed E-state index contributed by atoms with van der Waals surface area (Å²) < 4.78 is 0. The average Bonchev–Trinajstić information content (AvgIpc) is 2.03. The Kier molecular flexibility index (Phi) is 10.2.